The van der Waals surface area contributed by atoms with E-state index in [2.05, 4.69) is 25.3 Å². The van der Waals surface area contributed by atoms with Gasteiger partial charge in [-0.3, -0.25) is 0 Å². The fourth-order valence-corrected chi connectivity index (χ4v) is 5.05. The van der Waals surface area contributed by atoms with Gasteiger partial charge in [-0.2, -0.15) is 0 Å². The number of hydrogen-bond acceptors (Lipinski definition) is 9. The van der Waals surface area contributed by atoms with E-state index in [1.165, 1.54) is 29.8 Å². The second-order valence-electron chi connectivity index (χ2n) is 8.64. The molecule has 5 rings (SSSR count). The van der Waals surface area contributed by atoms with Crippen LogP contribution in [0.1, 0.15) is 6.42 Å². The van der Waals surface area contributed by atoms with Gasteiger partial charge in [0.1, 0.15) is 17.3 Å². The lowest BCUT2D eigenvalue weighted by Crippen LogP contribution is -2.31. The molecule has 1 fully saturated rings. The third kappa shape index (κ3) is 5.22. The maximum absolute atomic E-state index is 13.5. The first kappa shape index (κ1) is 24.6. The molecule has 11 nitrogen and oxygen atoms in total. The minimum absolute atomic E-state index is 0.119. The van der Waals surface area contributed by atoms with Crippen molar-refractivity contribution in [3.05, 3.63) is 54.6 Å². The number of aromatic nitrogens is 5. The molecule has 0 aliphatic carbocycles. The van der Waals surface area contributed by atoms with Crippen molar-refractivity contribution in [3.8, 4) is 39.8 Å². The number of ether oxygens (including phenoxy) is 1. The number of halogens is 1. The van der Waals surface area contributed by atoms with Gasteiger partial charge in [-0.25, -0.2) is 37.0 Å². The molecule has 37 heavy (non-hydrogen) atoms. The summed E-state index contributed by atoms with van der Waals surface area (Å²) in [6.45, 7) is 0.779. The summed E-state index contributed by atoms with van der Waals surface area (Å²) >= 11 is 0. The highest BCUT2D eigenvalue weighted by Gasteiger charge is 2.29. The van der Waals surface area contributed by atoms with Gasteiger partial charge < -0.3 is 20.8 Å². The van der Waals surface area contributed by atoms with E-state index in [1.807, 2.05) is 0 Å². The van der Waals surface area contributed by atoms with Crippen molar-refractivity contribution < 1.29 is 17.5 Å². The van der Waals surface area contributed by atoms with Gasteiger partial charge in [0.25, 0.3) is 0 Å². The largest absolute Gasteiger partial charge is 0.493 e. The second kappa shape index (κ2) is 9.75. The van der Waals surface area contributed by atoms with Crippen LogP contribution in [0.15, 0.2) is 48.8 Å². The average Bonchev–Trinajstić information content (AvgIpc) is 3.53. The highest BCUT2D eigenvalue weighted by Crippen LogP contribution is 2.34. The molecule has 0 radical (unpaired) electrons. The molecule has 1 aliphatic heterocycles. The predicted molar refractivity (Wildman–Crippen MR) is 138 cm³/mol. The molecule has 3 aromatic heterocycles. The lowest BCUT2D eigenvalue weighted by Gasteiger charge is -2.15. The monoisotopic (exact) mass is 524 g/mol. The van der Waals surface area contributed by atoms with Crippen LogP contribution in [0.5, 0.6) is 5.75 Å². The summed E-state index contributed by atoms with van der Waals surface area (Å²) < 4.78 is 44.0. The number of hydrogen-bond donors (Lipinski definition) is 3. The number of rotatable bonds is 7. The Hall–Kier alpha value is -4.10. The highest BCUT2D eigenvalue weighted by atomic mass is 32.2. The summed E-state index contributed by atoms with van der Waals surface area (Å²) in [6, 6.07) is 9.32. The lowest BCUT2D eigenvalue weighted by molar-refractivity contribution is 0.415. The number of aromatic amines is 1. The Morgan fingerprint density at radius 2 is 1.95 bits per heavy atom. The van der Waals surface area contributed by atoms with Crippen LogP contribution in [0.3, 0.4) is 0 Å². The Kier molecular flexibility index (Phi) is 6.48. The minimum Gasteiger partial charge on any atom is -0.493 e. The number of pyridine rings is 1. The maximum Gasteiger partial charge on any atom is 0.223 e. The zero-order valence-electron chi connectivity index (χ0n) is 20.1. The fraction of sp³-hybridized carbons (Fsp3) is 0.250. The van der Waals surface area contributed by atoms with Crippen LogP contribution in [0.4, 0.5) is 16.2 Å². The molecular weight excluding hydrogens is 499 g/mol. The molecule has 0 bridgehead atoms. The van der Waals surface area contributed by atoms with Crippen molar-refractivity contribution in [3.63, 3.8) is 0 Å². The van der Waals surface area contributed by atoms with Crippen LogP contribution < -0.4 is 15.8 Å². The van der Waals surface area contributed by atoms with Crippen LogP contribution in [0, 0.1) is 5.82 Å². The average molecular weight is 525 g/mol. The first-order valence-corrected chi connectivity index (χ1v) is 13.3. The number of benzene rings is 1. The first-order chi connectivity index (χ1) is 17.7. The Morgan fingerprint density at radius 1 is 1.16 bits per heavy atom. The number of anilines is 2. The molecule has 0 unspecified atom stereocenters. The highest BCUT2D eigenvalue weighted by molar-refractivity contribution is 7.88. The number of nitrogen functional groups attached to an aromatic ring is 1. The van der Waals surface area contributed by atoms with Crippen LogP contribution >= 0.6 is 0 Å². The maximum atomic E-state index is 13.5. The standard InChI is InChI=1S/C24H25FN8O3S/c1-36-19-11-15(12-28-22(19)26)20-21(32-23(31-20)14-3-5-16(25)6-4-14)18-7-9-27-24(30-18)29-17-8-10-33(13-17)37(2,34)35/h3-7,9,11-12,17H,8,10,13H2,1-2H3,(H2,26,28)(H,31,32)(H,27,29,30)/t17-/m0/s1. The summed E-state index contributed by atoms with van der Waals surface area (Å²) in [6.07, 6.45) is 5.04. The number of nitrogens with zero attached hydrogens (tertiary/aromatic N) is 5. The summed E-state index contributed by atoms with van der Waals surface area (Å²) in [7, 11) is -1.76. The van der Waals surface area contributed by atoms with E-state index >= 15 is 0 Å². The number of nitrogens with one attached hydrogen (secondary N) is 2. The summed E-state index contributed by atoms with van der Waals surface area (Å²) in [5, 5.41) is 3.23. The van der Waals surface area contributed by atoms with Crippen molar-refractivity contribution in [2.24, 2.45) is 0 Å². The van der Waals surface area contributed by atoms with Crippen molar-refractivity contribution in [2.45, 2.75) is 12.5 Å². The van der Waals surface area contributed by atoms with Gasteiger partial charge in [-0.1, -0.05) is 0 Å². The number of methoxy groups -OCH3 is 1. The topological polar surface area (TPSA) is 152 Å². The van der Waals surface area contributed by atoms with E-state index in [-0.39, 0.29) is 17.7 Å². The first-order valence-electron chi connectivity index (χ1n) is 11.4. The third-order valence-electron chi connectivity index (χ3n) is 6.06. The molecule has 0 amide bonds. The van der Waals surface area contributed by atoms with Crippen LogP contribution in [0.25, 0.3) is 34.0 Å². The van der Waals surface area contributed by atoms with Crippen molar-refractivity contribution in [2.75, 3.05) is 37.5 Å². The summed E-state index contributed by atoms with van der Waals surface area (Å²) in [5.74, 6) is 1.16. The van der Waals surface area contributed by atoms with E-state index in [1.54, 1.807) is 36.7 Å². The minimum atomic E-state index is -3.26. The van der Waals surface area contributed by atoms with Gasteiger partial charge in [0.15, 0.2) is 11.6 Å². The second-order valence-corrected chi connectivity index (χ2v) is 10.6. The van der Waals surface area contributed by atoms with Crippen LogP contribution in [-0.2, 0) is 10.0 Å². The van der Waals surface area contributed by atoms with E-state index in [4.69, 9.17) is 15.5 Å². The van der Waals surface area contributed by atoms with Crippen molar-refractivity contribution in [1.82, 2.24) is 29.2 Å². The van der Waals surface area contributed by atoms with Crippen LogP contribution in [-0.4, -0.2) is 70.1 Å². The molecule has 0 spiro atoms. The lowest BCUT2D eigenvalue weighted by atomic mass is 10.1. The normalized spacial score (nSPS) is 16.1. The van der Waals surface area contributed by atoms with Gasteiger partial charge in [0.05, 0.1) is 24.8 Å². The van der Waals surface area contributed by atoms with E-state index in [9.17, 15) is 12.8 Å². The molecule has 1 saturated heterocycles. The molecule has 192 valence electrons. The summed E-state index contributed by atoms with van der Waals surface area (Å²) in [4.78, 5) is 21.3. The number of sulfonamides is 1. The molecule has 13 heteroatoms. The molecule has 1 aromatic carbocycles. The Balaban J connectivity index is 1.53. The SMILES string of the molecule is COc1cc(-c2nc(-c3ccc(F)cc3)[nH]c2-c2ccnc(N[C@H]3CCN(S(C)(=O)=O)C3)n2)cnc1N. The molecule has 1 aliphatic rings. The van der Waals surface area contributed by atoms with E-state index in [0.29, 0.717) is 65.2 Å². The molecule has 4 N–H and O–H groups in total. The molecule has 4 aromatic rings. The van der Waals surface area contributed by atoms with Gasteiger partial charge in [0.2, 0.25) is 16.0 Å². The number of H-pyrrole nitrogens is 1. The Morgan fingerprint density at radius 3 is 2.65 bits per heavy atom. The van der Waals surface area contributed by atoms with Gasteiger partial charge in [0, 0.05) is 42.7 Å². The van der Waals surface area contributed by atoms with E-state index < -0.39 is 10.0 Å². The zero-order chi connectivity index (χ0) is 26.2. The zero-order valence-corrected chi connectivity index (χ0v) is 21.0. The van der Waals surface area contributed by atoms with Gasteiger partial charge in [-0.05, 0) is 42.8 Å². The molecule has 1 atom stereocenters. The molecule has 0 saturated carbocycles. The fourth-order valence-electron chi connectivity index (χ4n) is 4.16. The molecule has 4 heterocycles. The molecular formula is C24H25FN8O3S. The van der Waals surface area contributed by atoms with Crippen LogP contribution in [0.2, 0.25) is 0 Å². The third-order valence-corrected chi connectivity index (χ3v) is 7.33. The van der Waals surface area contributed by atoms with Gasteiger partial charge >= 0.3 is 0 Å². The summed E-state index contributed by atoms with van der Waals surface area (Å²) in [5.41, 5.74) is 8.89. The Labute approximate surface area is 213 Å². The van der Waals surface area contributed by atoms with E-state index in [0.717, 1.165) is 0 Å². The Bertz CT molecular complexity index is 1540. The van der Waals surface area contributed by atoms with Gasteiger partial charge in [-0.15, -0.1) is 0 Å². The quantitative estimate of drug-likeness (QED) is 0.331. The number of imidazole rings is 1. The number of nitrogens with two attached hydrogens (primary N) is 1. The van der Waals surface area contributed by atoms with Crippen molar-refractivity contribution in [1.29, 1.82) is 0 Å². The predicted octanol–water partition coefficient (Wildman–Crippen LogP) is 2.77. The smallest absolute Gasteiger partial charge is 0.223 e. The van der Waals surface area contributed by atoms with Crippen molar-refractivity contribution >= 4 is 21.8 Å².